The van der Waals surface area contributed by atoms with Crippen molar-refractivity contribution in [1.29, 1.82) is 0 Å². The third-order valence-corrected chi connectivity index (χ3v) is 32.7. The Labute approximate surface area is 788 Å². The van der Waals surface area contributed by atoms with Gasteiger partial charge in [-0.1, -0.05) is 267 Å². The third-order valence-electron chi connectivity index (χ3n) is 23.9. The van der Waals surface area contributed by atoms with Gasteiger partial charge in [0.25, 0.3) is 33.4 Å². The van der Waals surface area contributed by atoms with Crippen LogP contribution < -0.4 is 49.3 Å². The summed E-state index contributed by atoms with van der Waals surface area (Å²) >= 11 is 0. The van der Waals surface area contributed by atoms with Crippen molar-refractivity contribution < 1.29 is 79.2 Å². The topological polar surface area (TPSA) is 455 Å². The summed E-state index contributed by atoms with van der Waals surface area (Å²) in [5.74, 6) is -14.2. The van der Waals surface area contributed by atoms with Crippen molar-refractivity contribution in [3.8, 4) is 0 Å². The largest absolute Gasteiger partial charge is 0.478 e. The van der Waals surface area contributed by atoms with E-state index in [0.29, 0.717) is 38.9 Å². The first kappa shape index (κ1) is 93.1. The molecule has 0 amide bonds. The van der Waals surface area contributed by atoms with Crippen LogP contribution in [0.2, 0.25) is 0 Å². The molecule has 6 atom stereocenters. The minimum Gasteiger partial charge on any atom is -0.478 e. The number of para-hydroxylation sites is 1. The van der Waals surface area contributed by atoms with E-state index in [1.54, 1.807) is 218 Å². The predicted octanol–water partition coefficient (Wildman–Crippen LogP) is 16.3. The molecule has 2 unspecified atom stereocenters. The number of hydrogen-bond acceptors (Lipinski definition) is 15. The lowest BCUT2D eigenvalue weighted by Crippen LogP contribution is -2.37. The number of nitrogens with zero attached hydrogens (tertiary/aromatic N) is 8. The van der Waals surface area contributed by atoms with Crippen LogP contribution >= 0.6 is 23.8 Å². The smallest absolute Gasteiger partial charge is 0.337 e. The fourth-order valence-corrected chi connectivity index (χ4v) is 27.9. The lowest BCUT2D eigenvalue weighted by molar-refractivity contribution is 0.0684. The average Bonchev–Trinajstić information content (AvgIpc) is 1.56. The van der Waals surface area contributed by atoms with Crippen molar-refractivity contribution in [3.05, 3.63) is 503 Å². The number of aliphatic imine (C=N–C) groups is 2. The molecule has 20 rings (SSSR count). The number of benzene rings is 14. The SMILES string of the molecule is O=C(O)c1ccccc1C1n2c(=O)c3ccccc3c(=O)n2C(c2ccccc2C(=O)O)P1c1ccccc1.O=C(O)c1ccccc1C=NC=Nc1ccccc1C(=O)O.O=C(O)c1ccccc1[C@@H]1n2c(=O)c3ccccc3c(=O)n2[C@@H](c2ccccc2C(=O)O)P1c1ccccc1.O=C(O)c1ccccc1[C@H]1n2c(=O)c3ccccc3c(=O)n2[C@H](c2ccccc2C(=O)O)P1c1ccccc1. The van der Waals surface area contributed by atoms with Crippen LogP contribution in [0.25, 0.3) is 32.3 Å². The van der Waals surface area contributed by atoms with E-state index >= 15 is 0 Å². The van der Waals surface area contributed by atoms with E-state index in [-0.39, 0.29) is 82.5 Å². The molecule has 139 heavy (non-hydrogen) atoms. The number of carboxylic acid groups (broad SMARTS) is 8. The first-order valence-corrected chi connectivity index (χ1v) is 47.1. The number of rotatable bonds is 20. The highest BCUT2D eigenvalue weighted by Crippen LogP contribution is 2.69. The highest BCUT2D eigenvalue weighted by Gasteiger charge is 2.51. The molecule has 17 aromatic rings. The zero-order valence-corrected chi connectivity index (χ0v) is 75.1. The van der Waals surface area contributed by atoms with E-state index < -0.39 is 140 Å². The molecule has 0 spiro atoms. The first-order valence-electron chi connectivity index (χ1n) is 42.7. The molecule has 0 fully saturated rings. The zero-order chi connectivity index (χ0) is 97.7. The second kappa shape index (κ2) is 39.8. The number of aromatic carboxylic acids is 8. The van der Waals surface area contributed by atoms with Gasteiger partial charge >= 0.3 is 47.8 Å². The van der Waals surface area contributed by atoms with Crippen molar-refractivity contribution in [1.82, 2.24) is 28.1 Å². The lowest BCUT2D eigenvalue weighted by Gasteiger charge is -2.26. The molecule has 0 bridgehead atoms. The maximum absolute atomic E-state index is 14.2. The predicted molar refractivity (Wildman–Crippen MR) is 528 cm³/mol. The van der Waals surface area contributed by atoms with E-state index in [1.165, 1.54) is 89.2 Å². The van der Waals surface area contributed by atoms with Gasteiger partial charge in [-0.2, -0.15) is 0 Å². The van der Waals surface area contributed by atoms with Gasteiger partial charge in [0.1, 0.15) is 41.0 Å². The third kappa shape index (κ3) is 17.5. The summed E-state index contributed by atoms with van der Waals surface area (Å²) in [6.45, 7) is 0. The van der Waals surface area contributed by atoms with Crippen LogP contribution in [0.4, 0.5) is 5.69 Å². The number of hydrogen-bond donors (Lipinski definition) is 8. The molecule has 686 valence electrons. The second-order valence-corrected chi connectivity index (χ2v) is 38.5. The fourth-order valence-electron chi connectivity index (χ4n) is 18.0. The fraction of sp³-hybridized carbons (Fsp3) is 0.0566. The molecule has 0 aliphatic carbocycles. The van der Waals surface area contributed by atoms with Gasteiger partial charge in [-0.15, -0.1) is 0 Å². The molecule has 0 radical (unpaired) electrons. The van der Waals surface area contributed by atoms with E-state index in [1.807, 2.05) is 91.0 Å². The van der Waals surface area contributed by atoms with Crippen LogP contribution in [0.5, 0.6) is 0 Å². The van der Waals surface area contributed by atoms with Crippen LogP contribution in [-0.4, -0.2) is 129 Å². The zero-order valence-electron chi connectivity index (χ0n) is 72.4. The Morgan fingerprint density at radius 1 is 0.216 bits per heavy atom. The Kier molecular flexibility index (Phi) is 26.7. The summed E-state index contributed by atoms with van der Waals surface area (Å²) in [6, 6.07) is 98.7. The highest BCUT2D eigenvalue weighted by atomic mass is 31.1. The standard InChI is InChI=1S/3C30H21N2O6P.C16H12N2O4/c3*33-25-19-12-4-5-13-20(19)26(34)32-28(22-15-7-9-17-24(22)30(37)38)39(18-10-2-1-3-11-18)27(31(25)32)21-14-6-8-16-23(21)29(35)36;19-15(20)12-6-2-1-5-11(12)9-17-10-18-14-8-4-3-7-13(14)16(21)22/h3*1-17,27-28H,(H,35,36)(H,37,38);1-10H,(H,19,20)(H,21,22)/t2*27-,28-;;/m10../s1. The molecule has 33 heteroatoms. The van der Waals surface area contributed by atoms with Crippen molar-refractivity contribution in [2.24, 2.45) is 9.98 Å². The molecule has 3 aromatic heterocycles. The monoisotopic (exact) mass is 1900 g/mol. The molecular formula is C106H75N8O22P3. The molecule has 6 heterocycles. The van der Waals surface area contributed by atoms with Gasteiger partial charge < -0.3 is 40.9 Å². The number of carbonyl (C=O) groups is 8. The van der Waals surface area contributed by atoms with E-state index in [0.717, 1.165) is 15.9 Å². The Balaban J connectivity index is 0.000000131. The van der Waals surface area contributed by atoms with Crippen LogP contribution in [0, 0.1) is 0 Å². The molecule has 3 aliphatic rings. The van der Waals surface area contributed by atoms with Gasteiger partial charge in [0.15, 0.2) is 0 Å². The Morgan fingerprint density at radius 3 is 0.619 bits per heavy atom. The molecular weight excluding hydrogens is 1830 g/mol. The maximum atomic E-state index is 14.2. The van der Waals surface area contributed by atoms with Crippen molar-refractivity contribution >= 4 is 138 Å². The van der Waals surface area contributed by atoms with E-state index in [4.69, 9.17) is 10.2 Å². The average molecular weight is 1910 g/mol. The van der Waals surface area contributed by atoms with Gasteiger partial charge in [-0.25, -0.2) is 76.4 Å². The molecule has 3 aliphatic heterocycles. The number of aromatic nitrogens is 6. The Bertz CT molecular complexity index is 7250. The van der Waals surface area contributed by atoms with Crippen LogP contribution in [-0.2, 0) is 0 Å². The molecule has 0 saturated heterocycles. The molecule has 30 nitrogen and oxygen atoms in total. The first-order chi connectivity index (χ1) is 67.3. The molecule has 8 N–H and O–H groups in total. The normalized spacial score (nSPS) is 16.2. The Hall–Kier alpha value is -17.7. The van der Waals surface area contributed by atoms with E-state index in [2.05, 4.69) is 9.98 Å². The van der Waals surface area contributed by atoms with Gasteiger partial charge in [0.2, 0.25) is 0 Å². The quantitative estimate of drug-likeness (QED) is 0.0200. The summed E-state index contributed by atoms with van der Waals surface area (Å²) in [5.41, 5.74) is 0.537. The lowest BCUT2D eigenvalue weighted by atomic mass is 10.1. The number of carboxylic acids is 8. The summed E-state index contributed by atoms with van der Waals surface area (Å²) in [5, 5.41) is 82.3. The van der Waals surface area contributed by atoms with Gasteiger partial charge in [-0.3, -0.25) is 28.8 Å². The van der Waals surface area contributed by atoms with Crippen molar-refractivity contribution in [2.45, 2.75) is 34.7 Å². The Morgan fingerprint density at radius 2 is 0.396 bits per heavy atom. The van der Waals surface area contributed by atoms with Crippen molar-refractivity contribution in [2.75, 3.05) is 0 Å². The maximum Gasteiger partial charge on any atom is 0.337 e. The van der Waals surface area contributed by atoms with Crippen molar-refractivity contribution in [3.63, 3.8) is 0 Å². The summed E-state index contributed by atoms with van der Waals surface area (Å²) in [7, 11) is -4.87. The highest BCUT2D eigenvalue weighted by molar-refractivity contribution is 7.67. The van der Waals surface area contributed by atoms with Gasteiger partial charge in [0.05, 0.1) is 82.5 Å². The summed E-state index contributed by atoms with van der Waals surface area (Å²) < 4.78 is 8.13. The summed E-state index contributed by atoms with van der Waals surface area (Å²) in [4.78, 5) is 189. The van der Waals surface area contributed by atoms with Crippen LogP contribution in [0.1, 0.15) is 157 Å². The van der Waals surface area contributed by atoms with Crippen LogP contribution in [0.3, 0.4) is 0 Å². The van der Waals surface area contributed by atoms with Gasteiger partial charge in [0, 0.05) is 11.8 Å². The minimum absolute atomic E-state index is 0.0113. The van der Waals surface area contributed by atoms with E-state index in [9.17, 15) is 97.8 Å². The minimum atomic E-state index is -1.62. The summed E-state index contributed by atoms with van der Waals surface area (Å²) in [6.07, 6.45) is 2.54. The molecule has 0 saturated carbocycles. The van der Waals surface area contributed by atoms with Gasteiger partial charge in [-0.05, 0) is 164 Å². The molecule has 14 aromatic carbocycles. The van der Waals surface area contributed by atoms with Crippen LogP contribution in [0.15, 0.2) is 397 Å². The second-order valence-electron chi connectivity index (χ2n) is 31.6. The number of fused-ring (bicyclic) bond motifs is 6.